The Balaban J connectivity index is 1.57. The lowest BCUT2D eigenvalue weighted by atomic mass is 10.1. The molecule has 4 rings (SSSR count). The van der Waals surface area contributed by atoms with Crippen LogP contribution in [0.4, 0.5) is 5.69 Å². The molecule has 0 bridgehead atoms. The van der Waals surface area contributed by atoms with Crippen molar-refractivity contribution in [2.45, 2.75) is 13.5 Å². The molecule has 31 heavy (non-hydrogen) atoms. The zero-order valence-corrected chi connectivity index (χ0v) is 17.1. The fraction of sp³-hybridized carbons (Fsp3) is 0.120. The van der Waals surface area contributed by atoms with Gasteiger partial charge in [0.1, 0.15) is 6.61 Å². The van der Waals surface area contributed by atoms with Crippen molar-refractivity contribution >= 4 is 28.5 Å². The topological polar surface area (TPSA) is 83.5 Å². The number of nitrogen functional groups attached to an aromatic ring is 1. The number of rotatable bonds is 6. The Labute approximate surface area is 179 Å². The van der Waals surface area contributed by atoms with E-state index in [0.717, 1.165) is 22.2 Å². The summed E-state index contributed by atoms with van der Waals surface area (Å²) in [5.41, 5.74) is 10.3. The maximum absolute atomic E-state index is 12.5. The van der Waals surface area contributed by atoms with Crippen LogP contribution in [0.1, 0.15) is 33.2 Å². The van der Waals surface area contributed by atoms with Gasteiger partial charge in [-0.25, -0.2) is 9.59 Å². The second-order valence-electron chi connectivity index (χ2n) is 7.02. The molecular formula is C25H22N2O4. The summed E-state index contributed by atoms with van der Waals surface area (Å²) in [6.07, 6.45) is 1.79. The van der Waals surface area contributed by atoms with Gasteiger partial charge in [-0.2, -0.15) is 0 Å². The molecule has 0 atom stereocenters. The van der Waals surface area contributed by atoms with Crippen molar-refractivity contribution in [1.29, 1.82) is 0 Å². The summed E-state index contributed by atoms with van der Waals surface area (Å²) in [4.78, 5) is 24.4. The fourth-order valence-corrected chi connectivity index (χ4v) is 3.38. The summed E-state index contributed by atoms with van der Waals surface area (Å²) < 4.78 is 12.4. The normalized spacial score (nSPS) is 10.7. The van der Waals surface area contributed by atoms with Crippen LogP contribution in [0.3, 0.4) is 0 Å². The molecule has 3 aromatic carbocycles. The van der Waals surface area contributed by atoms with Crippen LogP contribution >= 0.6 is 0 Å². The Morgan fingerprint density at radius 1 is 0.871 bits per heavy atom. The highest BCUT2D eigenvalue weighted by atomic mass is 16.5. The maximum atomic E-state index is 12.5. The summed E-state index contributed by atoms with van der Waals surface area (Å²) in [5.74, 6) is -0.763. The molecule has 156 valence electrons. The number of aromatic nitrogens is 1. The minimum atomic E-state index is -0.406. The highest BCUT2D eigenvalue weighted by molar-refractivity contribution is 6.00. The van der Waals surface area contributed by atoms with Gasteiger partial charge in [-0.3, -0.25) is 0 Å². The lowest BCUT2D eigenvalue weighted by molar-refractivity contribution is 0.0471. The van der Waals surface area contributed by atoms with E-state index in [0.29, 0.717) is 23.4 Å². The Bertz CT molecular complexity index is 1230. The lowest BCUT2D eigenvalue weighted by Crippen LogP contribution is -2.05. The molecule has 6 nitrogen and oxygen atoms in total. The van der Waals surface area contributed by atoms with Crippen LogP contribution in [0.15, 0.2) is 79.0 Å². The van der Waals surface area contributed by atoms with E-state index in [1.807, 2.05) is 53.1 Å². The van der Waals surface area contributed by atoms with Gasteiger partial charge in [-0.15, -0.1) is 0 Å². The van der Waals surface area contributed by atoms with Crippen molar-refractivity contribution in [2.24, 2.45) is 0 Å². The van der Waals surface area contributed by atoms with Crippen LogP contribution in [0.2, 0.25) is 0 Å². The number of nitrogens with zero attached hydrogens (tertiary/aromatic N) is 1. The third-order valence-corrected chi connectivity index (χ3v) is 4.94. The standard InChI is InChI=1S/C25H22N2O4/c1-2-30-24(28)18-8-11-20(12-9-18)27-15-22(26)21-14-19(10-13-23(21)27)25(29)31-16-17-6-4-3-5-7-17/h3-15H,2,16,26H2,1H3. The van der Waals surface area contributed by atoms with E-state index in [9.17, 15) is 9.59 Å². The predicted octanol–water partition coefficient (Wildman–Crippen LogP) is 4.75. The number of nitrogens with two attached hydrogens (primary N) is 1. The van der Waals surface area contributed by atoms with Gasteiger partial charge in [0.05, 0.1) is 28.9 Å². The number of carbonyl (C=O) groups is 2. The van der Waals surface area contributed by atoms with E-state index in [1.54, 1.807) is 37.4 Å². The quantitative estimate of drug-likeness (QED) is 0.461. The molecule has 1 aromatic heterocycles. The van der Waals surface area contributed by atoms with Crippen molar-refractivity contribution in [2.75, 3.05) is 12.3 Å². The minimum absolute atomic E-state index is 0.209. The van der Waals surface area contributed by atoms with Gasteiger partial charge in [0, 0.05) is 17.3 Å². The van der Waals surface area contributed by atoms with Gasteiger partial charge in [-0.05, 0) is 55.0 Å². The zero-order chi connectivity index (χ0) is 21.8. The van der Waals surface area contributed by atoms with Gasteiger partial charge in [0.25, 0.3) is 0 Å². The molecule has 0 saturated carbocycles. The van der Waals surface area contributed by atoms with Gasteiger partial charge < -0.3 is 19.8 Å². The van der Waals surface area contributed by atoms with E-state index in [4.69, 9.17) is 15.2 Å². The molecule has 0 amide bonds. The number of fused-ring (bicyclic) bond motifs is 1. The van der Waals surface area contributed by atoms with Gasteiger partial charge in [-0.1, -0.05) is 30.3 Å². The average Bonchev–Trinajstić information content (AvgIpc) is 3.14. The second-order valence-corrected chi connectivity index (χ2v) is 7.02. The molecule has 0 unspecified atom stereocenters. The number of anilines is 1. The summed E-state index contributed by atoms with van der Waals surface area (Å²) in [7, 11) is 0. The molecule has 2 N–H and O–H groups in total. The van der Waals surface area contributed by atoms with E-state index in [2.05, 4.69) is 0 Å². The first-order valence-corrected chi connectivity index (χ1v) is 9.96. The molecule has 1 heterocycles. The first-order chi connectivity index (χ1) is 15.1. The summed E-state index contributed by atoms with van der Waals surface area (Å²) in [6.45, 7) is 2.31. The molecule has 0 aliphatic rings. The lowest BCUT2D eigenvalue weighted by Gasteiger charge is -2.08. The number of hydrogen-bond acceptors (Lipinski definition) is 5. The van der Waals surface area contributed by atoms with Crippen LogP contribution in [-0.2, 0) is 16.1 Å². The zero-order valence-electron chi connectivity index (χ0n) is 17.1. The van der Waals surface area contributed by atoms with E-state index in [1.165, 1.54) is 0 Å². The molecule has 0 aliphatic carbocycles. The third-order valence-electron chi connectivity index (χ3n) is 4.94. The number of hydrogen-bond donors (Lipinski definition) is 1. The predicted molar refractivity (Wildman–Crippen MR) is 119 cm³/mol. The Morgan fingerprint density at radius 3 is 2.26 bits per heavy atom. The van der Waals surface area contributed by atoms with Crippen molar-refractivity contribution in [3.05, 3.63) is 95.7 Å². The molecule has 0 radical (unpaired) electrons. The Kier molecular flexibility index (Phi) is 5.71. The summed E-state index contributed by atoms with van der Waals surface area (Å²) in [5, 5.41) is 0.753. The van der Waals surface area contributed by atoms with Crippen molar-refractivity contribution in [1.82, 2.24) is 4.57 Å². The van der Waals surface area contributed by atoms with E-state index >= 15 is 0 Å². The minimum Gasteiger partial charge on any atom is -0.462 e. The molecule has 0 saturated heterocycles. The SMILES string of the molecule is CCOC(=O)c1ccc(-n2cc(N)c3cc(C(=O)OCc4ccccc4)ccc32)cc1. The summed E-state index contributed by atoms with van der Waals surface area (Å²) >= 11 is 0. The smallest absolute Gasteiger partial charge is 0.338 e. The van der Waals surface area contributed by atoms with E-state index < -0.39 is 5.97 Å². The first-order valence-electron chi connectivity index (χ1n) is 9.96. The molecule has 0 spiro atoms. The number of carbonyl (C=O) groups excluding carboxylic acids is 2. The summed E-state index contributed by atoms with van der Waals surface area (Å²) in [6, 6.07) is 21.9. The highest BCUT2D eigenvalue weighted by Crippen LogP contribution is 2.28. The third kappa shape index (κ3) is 4.28. The van der Waals surface area contributed by atoms with Crippen LogP contribution in [0.5, 0.6) is 0 Å². The van der Waals surface area contributed by atoms with Gasteiger partial charge in [0.15, 0.2) is 0 Å². The average molecular weight is 414 g/mol. The second kappa shape index (κ2) is 8.75. The Morgan fingerprint density at radius 2 is 1.55 bits per heavy atom. The monoisotopic (exact) mass is 414 g/mol. The Hall–Kier alpha value is -4.06. The molecule has 0 fully saturated rings. The fourth-order valence-electron chi connectivity index (χ4n) is 3.38. The molecule has 6 heteroatoms. The van der Waals surface area contributed by atoms with Gasteiger partial charge in [0.2, 0.25) is 0 Å². The highest BCUT2D eigenvalue weighted by Gasteiger charge is 2.14. The number of benzene rings is 3. The molecular weight excluding hydrogens is 392 g/mol. The first kappa shape index (κ1) is 20.2. The van der Waals surface area contributed by atoms with Crippen LogP contribution in [0.25, 0.3) is 16.6 Å². The number of ether oxygens (including phenoxy) is 2. The van der Waals surface area contributed by atoms with Crippen molar-refractivity contribution in [3.63, 3.8) is 0 Å². The molecule has 0 aliphatic heterocycles. The molecule has 4 aromatic rings. The van der Waals surface area contributed by atoms with Crippen LogP contribution in [0, 0.1) is 0 Å². The van der Waals surface area contributed by atoms with Crippen LogP contribution < -0.4 is 5.73 Å². The maximum Gasteiger partial charge on any atom is 0.338 e. The largest absolute Gasteiger partial charge is 0.462 e. The number of esters is 2. The van der Waals surface area contributed by atoms with Gasteiger partial charge >= 0.3 is 11.9 Å². The van der Waals surface area contributed by atoms with E-state index in [-0.39, 0.29) is 12.6 Å². The van der Waals surface area contributed by atoms with Crippen molar-refractivity contribution < 1.29 is 19.1 Å². The van der Waals surface area contributed by atoms with Crippen LogP contribution in [-0.4, -0.2) is 23.1 Å². The van der Waals surface area contributed by atoms with Crippen molar-refractivity contribution in [3.8, 4) is 5.69 Å².